The summed E-state index contributed by atoms with van der Waals surface area (Å²) in [6.45, 7) is 13.5. The summed E-state index contributed by atoms with van der Waals surface area (Å²) in [5, 5.41) is 10.8. The van der Waals surface area contributed by atoms with Gasteiger partial charge in [0.2, 0.25) is 0 Å². The summed E-state index contributed by atoms with van der Waals surface area (Å²) in [7, 11) is 0. The van der Waals surface area contributed by atoms with Gasteiger partial charge in [0.25, 0.3) is 0 Å². The lowest BCUT2D eigenvalue weighted by molar-refractivity contribution is 0.460. The van der Waals surface area contributed by atoms with Crippen molar-refractivity contribution in [3.05, 3.63) is 0 Å². The molecule has 0 heterocycles. The van der Waals surface area contributed by atoms with E-state index < -0.39 is 0 Å². The number of unbranched alkanes of at least 4 members (excludes halogenated alkanes) is 6. The zero-order chi connectivity index (χ0) is 17.2. The van der Waals surface area contributed by atoms with Crippen molar-refractivity contribution in [3.8, 4) is 0 Å². The van der Waals surface area contributed by atoms with Gasteiger partial charge in [-0.25, -0.2) is 0 Å². The van der Waals surface area contributed by atoms with Gasteiger partial charge in [0.1, 0.15) is 0 Å². The molecule has 2 atom stereocenters. The molecule has 3 nitrogen and oxygen atoms in total. The van der Waals surface area contributed by atoms with E-state index in [4.69, 9.17) is 0 Å². The van der Waals surface area contributed by atoms with Gasteiger partial charge in [-0.05, 0) is 26.7 Å². The zero-order valence-electron chi connectivity index (χ0n) is 16.6. The second kappa shape index (κ2) is 18.2. The van der Waals surface area contributed by atoms with Crippen LogP contribution in [0.1, 0.15) is 91.9 Å². The lowest BCUT2D eigenvalue weighted by atomic mass is 10.1. The van der Waals surface area contributed by atoms with E-state index in [2.05, 4.69) is 43.6 Å². The van der Waals surface area contributed by atoms with Crippen LogP contribution < -0.4 is 16.0 Å². The minimum Gasteiger partial charge on any atom is -0.314 e. The van der Waals surface area contributed by atoms with Gasteiger partial charge < -0.3 is 16.0 Å². The molecule has 0 bridgehead atoms. The lowest BCUT2D eigenvalue weighted by Gasteiger charge is -2.15. The Balaban J connectivity index is 3.22. The summed E-state index contributed by atoms with van der Waals surface area (Å²) in [5.74, 6) is 0. The van der Waals surface area contributed by atoms with Crippen LogP contribution in [0.4, 0.5) is 0 Å². The molecule has 0 aliphatic carbocycles. The molecule has 0 aliphatic heterocycles. The molecule has 140 valence electrons. The van der Waals surface area contributed by atoms with Crippen LogP contribution in [0.2, 0.25) is 0 Å². The molecule has 3 N–H and O–H groups in total. The lowest BCUT2D eigenvalue weighted by Crippen LogP contribution is -2.37. The van der Waals surface area contributed by atoms with Crippen LogP contribution >= 0.6 is 0 Å². The largest absolute Gasteiger partial charge is 0.314 e. The SMILES string of the molecule is CCCCCCC(C)NCCNCCNC(C)CCCCCC. The number of rotatable bonds is 18. The fourth-order valence-electron chi connectivity index (χ4n) is 2.90. The molecule has 2 unspecified atom stereocenters. The number of hydrogen-bond donors (Lipinski definition) is 3. The van der Waals surface area contributed by atoms with Crippen LogP contribution in [-0.4, -0.2) is 38.3 Å². The normalized spacial score (nSPS) is 14.1. The topological polar surface area (TPSA) is 36.1 Å². The van der Waals surface area contributed by atoms with E-state index in [1.54, 1.807) is 0 Å². The van der Waals surface area contributed by atoms with Crippen molar-refractivity contribution >= 4 is 0 Å². The van der Waals surface area contributed by atoms with Crippen molar-refractivity contribution in [2.45, 2.75) is 104 Å². The minimum atomic E-state index is 0.662. The van der Waals surface area contributed by atoms with Crippen LogP contribution in [0.5, 0.6) is 0 Å². The second-order valence-corrected chi connectivity index (χ2v) is 7.16. The first-order valence-electron chi connectivity index (χ1n) is 10.4. The van der Waals surface area contributed by atoms with Crippen LogP contribution in [0.15, 0.2) is 0 Å². The van der Waals surface area contributed by atoms with Gasteiger partial charge in [-0.1, -0.05) is 65.2 Å². The Bertz CT molecular complexity index is 199. The Morgan fingerprint density at radius 1 is 0.565 bits per heavy atom. The van der Waals surface area contributed by atoms with E-state index in [-0.39, 0.29) is 0 Å². The summed E-state index contributed by atoms with van der Waals surface area (Å²) >= 11 is 0. The number of hydrogen-bond acceptors (Lipinski definition) is 3. The fourth-order valence-corrected chi connectivity index (χ4v) is 2.90. The van der Waals surface area contributed by atoms with Crippen LogP contribution in [0, 0.1) is 0 Å². The maximum Gasteiger partial charge on any atom is 0.00792 e. The summed E-state index contributed by atoms with van der Waals surface area (Å²) in [6.07, 6.45) is 13.6. The Hall–Kier alpha value is -0.120. The molecule has 0 fully saturated rings. The molecule has 0 saturated heterocycles. The summed E-state index contributed by atoms with van der Waals surface area (Å²) < 4.78 is 0. The first-order valence-corrected chi connectivity index (χ1v) is 10.4. The maximum absolute atomic E-state index is 3.62. The minimum absolute atomic E-state index is 0.662. The van der Waals surface area contributed by atoms with E-state index in [9.17, 15) is 0 Å². The van der Waals surface area contributed by atoms with Crippen LogP contribution in [-0.2, 0) is 0 Å². The highest BCUT2D eigenvalue weighted by molar-refractivity contribution is 4.64. The van der Waals surface area contributed by atoms with Crippen molar-refractivity contribution in [2.24, 2.45) is 0 Å². The molecular weight excluding hydrogens is 282 g/mol. The summed E-state index contributed by atoms with van der Waals surface area (Å²) in [5.41, 5.74) is 0. The molecule has 3 heteroatoms. The molecule has 0 amide bonds. The molecule has 0 saturated carbocycles. The molecule has 0 spiro atoms. The highest BCUT2D eigenvalue weighted by Gasteiger charge is 2.01. The molecular formula is C20H45N3. The molecule has 0 rings (SSSR count). The zero-order valence-corrected chi connectivity index (χ0v) is 16.6. The highest BCUT2D eigenvalue weighted by atomic mass is 15.0. The standard InChI is InChI=1S/C20H45N3/c1-5-7-9-11-13-19(3)22-17-15-21-16-18-23-20(4)14-12-10-8-6-2/h19-23H,5-18H2,1-4H3. The molecule has 23 heavy (non-hydrogen) atoms. The molecule has 0 aromatic rings. The van der Waals surface area contributed by atoms with Gasteiger partial charge in [-0.2, -0.15) is 0 Å². The summed E-state index contributed by atoms with van der Waals surface area (Å²) in [4.78, 5) is 0. The van der Waals surface area contributed by atoms with Crippen LogP contribution in [0.25, 0.3) is 0 Å². The third-order valence-electron chi connectivity index (χ3n) is 4.57. The van der Waals surface area contributed by atoms with Crippen molar-refractivity contribution in [3.63, 3.8) is 0 Å². The van der Waals surface area contributed by atoms with Gasteiger partial charge >= 0.3 is 0 Å². The van der Waals surface area contributed by atoms with E-state index >= 15 is 0 Å². The van der Waals surface area contributed by atoms with Gasteiger partial charge in [-0.15, -0.1) is 0 Å². The molecule has 0 aromatic carbocycles. The Morgan fingerprint density at radius 3 is 1.39 bits per heavy atom. The average Bonchev–Trinajstić information content (AvgIpc) is 2.54. The van der Waals surface area contributed by atoms with Crippen molar-refractivity contribution < 1.29 is 0 Å². The average molecular weight is 328 g/mol. The quantitative estimate of drug-likeness (QED) is 0.325. The monoisotopic (exact) mass is 327 g/mol. The first kappa shape index (κ1) is 22.9. The maximum atomic E-state index is 3.62. The van der Waals surface area contributed by atoms with Gasteiger partial charge in [0.05, 0.1) is 0 Å². The Kier molecular flexibility index (Phi) is 18.1. The van der Waals surface area contributed by atoms with Crippen molar-refractivity contribution in [2.75, 3.05) is 26.2 Å². The third-order valence-corrected chi connectivity index (χ3v) is 4.57. The predicted octanol–water partition coefficient (Wildman–Crippen LogP) is 4.47. The van der Waals surface area contributed by atoms with Crippen LogP contribution in [0.3, 0.4) is 0 Å². The third kappa shape index (κ3) is 18.1. The summed E-state index contributed by atoms with van der Waals surface area (Å²) in [6, 6.07) is 1.32. The Labute approximate surface area is 146 Å². The Morgan fingerprint density at radius 2 is 1.00 bits per heavy atom. The van der Waals surface area contributed by atoms with Gasteiger partial charge in [0.15, 0.2) is 0 Å². The van der Waals surface area contributed by atoms with E-state index in [0.717, 1.165) is 26.2 Å². The predicted molar refractivity (Wildman–Crippen MR) is 105 cm³/mol. The van der Waals surface area contributed by atoms with E-state index in [1.807, 2.05) is 0 Å². The number of nitrogens with one attached hydrogen (secondary N) is 3. The molecule has 0 radical (unpaired) electrons. The van der Waals surface area contributed by atoms with Gasteiger partial charge in [0, 0.05) is 38.3 Å². The molecule has 0 aliphatic rings. The fraction of sp³-hybridized carbons (Fsp3) is 1.00. The van der Waals surface area contributed by atoms with Crippen molar-refractivity contribution in [1.82, 2.24) is 16.0 Å². The van der Waals surface area contributed by atoms with E-state index in [0.29, 0.717) is 12.1 Å². The highest BCUT2D eigenvalue weighted by Crippen LogP contribution is 2.05. The second-order valence-electron chi connectivity index (χ2n) is 7.16. The van der Waals surface area contributed by atoms with Crippen molar-refractivity contribution in [1.29, 1.82) is 0 Å². The first-order chi connectivity index (χ1) is 11.2. The molecule has 0 aromatic heterocycles. The van der Waals surface area contributed by atoms with E-state index in [1.165, 1.54) is 64.2 Å². The smallest absolute Gasteiger partial charge is 0.00792 e. The van der Waals surface area contributed by atoms with Gasteiger partial charge in [-0.3, -0.25) is 0 Å².